The molecule has 96 valence electrons. The minimum Gasteiger partial charge on any atom is -0.461 e. The van der Waals surface area contributed by atoms with Gasteiger partial charge in [-0.1, -0.05) is 0 Å². The molecule has 1 amide bonds. The van der Waals surface area contributed by atoms with Crippen molar-refractivity contribution in [1.29, 1.82) is 0 Å². The Balaban J connectivity index is 1.54. The van der Waals surface area contributed by atoms with Crippen molar-refractivity contribution in [3.05, 3.63) is 17.0 Å². The maximum Gasteiger partial charge on any atom is 0.348 e. The van der Waals surface area contributed by atoms with Crippen LogP contribution in [-0.4, -0.2) is 18.5 Å². The van der Waals surface area contributed by atoms with E-state index in [1.54, 1.807) is 12.1 Å². The number of hydrogen-bond donors (Lipinski definition) is 1. The zero-order chi connectivity index (χ0) is 12.5. The summed E-state index contributed by atoms with van der Waals surface area (Å²) < 4.78 is 5.19. The maximum absolute atomic E-state index is 11.7. The van der Waals surface area contributed by atoms with E-state index in [9.17, 15) is 9.59 Å². The number of esters is 1. The lowest BCUT2D eigenvalue weighted by atomic mass is 10.4. The van der Waals surface area contributed by atoms with Crippen LogP contribution in [-0.2, 0) is 9.53 Å². The van der Waals surface area contributed by atoms with Crippen LogP contribution in [0.1, 0.15) is 35.4 Å². The Morgan fingerprint density at radius 1 is 1.28 bits per heavy atom. The molecule has 2 saturated carbocycles. The number of rotatable bonds is 5. The Morgan fingerprint density at radius 2 is 2.06 bits per heavy atom. The van der Waals surface area contributed by atoms with Crippen molar-refractivity contribution < 1.29 is 14.3 Å². The Morgan fingerprint density at radius 3 is 2.72 bits per heavy atom. The predicted molar refractivity (Wildman–Crippen MR) is 68.7 cm³/mol. The summed E-state index contributed by atoms with van der Waals surface area (Å²) in [4.78, 5) is 23.8. The first kappa shape index (κ1) is 11.7. The van der Waals surface area contributed by atoms with Gasteiger partial charge in [-0.25, -0.2) is 4.79 Å². The Hall–Kier alpha value is -1.36. The molecule has 2 aliphatic carbocycles. The van der Waals surface area contributed by atoms with E-state index in [1.165, 1.54) is 24.2 Å². The first-order valence-electron chi connectivity index (χ1n) is 6.30. The highest BCUT2D eigenvalue weighted by Gasteiger charge is 2.30. The zero-order valence-corrected chi connectivity index (χ0v) is 10.8. The minimum absolute atomic E-state index is 0.0646. The number of thiophene rings is 1. The maximum atomic E-state index is 11.7. The van der Waals surface area contributed by atoms with Crippen LogP contribution in [0.15, 0.2) is 12.1 Å². The molecule has 0 aliphatic heterocycles. The highest BCUT2D eigenvalue weighted by molar-refractivity contribution is 7.18. The van der Waals surface area contributed by atoms with Crippen LogP contribution >= 0.6 is 11.3 Å². The number of hydrogen-bond acceptors (Lipinski definition) is 4. The Labute approximate surface area is 109 Å². The van der Waals surface area contributed by atoms with Gasteiger partial charge < -0.3 is 10.1 Å². The largest absolute Gasteiger partial charge is 0.461 e. The van der Waals surface area contributed by atoms with E-state index in [2.05, 4.69) is 5.32 Å². The summed E-state index contributed by atoms with van der Waals surface area (Å²) in [5.41, 5.74) is 0. The lowest BCUT2D eigenvalue weighted by Gasteiger charge is -2.01. The van der Waals surface area contributed by atoms with E-state index in [0.29, 0.717) is 17.4 Å². The second-order valence-electron chi connectivity index (χ2n) is 4.97. The number of ether oxygens (including phenoxy) is 1. The molecule has 1 aromatic heterocycles. The number of anilines is 1. The molecule has 5 heteroatoms. The highest BCUT2D eigenvalue weighted by Crippen LogP contribution is 2.32. The van der Waals surface area contributed by atoms with Crippen LogP contribution in [0.4, 0.5) is 5.00 Å². The van der Waals surface area contributed by atoms with Gasteiger partial charge in [-0.2, -0.15) is 0 Å². The lowest BCUT2D eigenvalue weighted by molar-refractivity contribution is -0.117. The first-order chi connectivity index (χ1) is 8.72. The molecule has 0 atom stereocenters. The van der Waals surface area contributed by atoms with Gasteiger partial charge in [0.15, 0.2) is 0 Å². The third-order valence-corrected chi connectivity index (χ3v) is 4.13. The van der Waals surface area contributed by atoms with E-state index in [4.69, 9.17) is 4.74 Å². The van der Waals surface area contributed by atoms with Crippen molar-refractivity contribution >= 4 is 28.2 Å². The van der Waals surface area contributed by atoms with Gasteiger partial charge in [0.05, 0.1) is 11.6 Å². The van der Waals surface area contributed by atoms with E-state index < -0.39 is 0 Å². The molecule has 2 aliphatic rings. The summed E-state index contributed by atoms with van der Waals surface area (Å²) in [6.45, 7) is 0.528. The molecule has 0 radical (unpaired) electrons. The van der Waals surface area contributed by atoms with Crippen LogP contribution in [0.3, 0.4) is 0 Å². The smallest absolute Gasteiger partial charge is 0.348 e. The molecule has 0 saturated heterocycles. The van der Waals surface area contributed by atoms with Crippen LogP contribution < -0.4 is 5.32 Å². The molecule has 0 bridgehead atoms. The SMILES string of the molecule is O=C(OCC1CC1)c1ccc(NC(=O)C2CC2)s1. The Bertz CT molecular complexity index is 474. The second kappa shape index (κ2) is 4.72. The number of carbonyl (C=O) groups is 2. The number of nitrogens with one attached hydrogen (secondary N) is 1. The molecular formula is C13H15NO3S. The molecular weight excluding hydrogens is 250 g/mol. The van der Waals surface area contributed by atoms with Gasteiger partial charge in [0, 0.05) is 5.92 Å². The molecule has 3 rings (SSSR count). The van der Waals surface area contributed by atoms with Crippen LogP contribution in [0, 0.1) is 11.8 Å². The average Bonchev–Trinajstić information content (AvgIpc) is 3.25. The van der Waals surface area contributed by atoms with Gasteiger partial charge in [0.1, 0.15) is 4.88 Å². The van der Waals surface area contributed by atoms with Crippen molar-refractivity contribution in [3.63, 3.8) is 0 Å². The molecule has 1 N–H and O–H groups in total. The standard InChI is InChI=1S/C13H15NO3S/c15-12(9-3-4-9)14-11-6-5-10(18-11)13(16)17-7-8-1-2-8/h5-6,8-9H,1-4,7H2,(H,14,15). The molecule has 0 aromatic carbocycles. The van der Waals surface area contributed by atoms with Gasteiger partial charge in [-0.05, 0) is 43.7 Å². The van der Waals surface area contributed by atoms with Gasteiger partial charge in [0.2, 0.25) is 5.91 Å². The average molecular weight is 265 g/mol. The third-order valence-electron chi connectivity index (χ3n) is 3.15. The summed E-state index contributed by atoms with van der Waals surface area (Å²) in [7, 11) is 0. The summed E-state index contributed by atoms with van der Waals surface area (Å²) in [6.07, 6.45) is 4.29. The molecule has 18 heavy (non-hydrogen) atoms. The van der Waals surface area contributed by atoms with Gasteiger partial charge in [-0.3, -0.25) is 4.79 Å². The molecule has 4 nitrogen and oxygen atoms in total. The van der Waals surface area contributed by atoms with Gasteiger partial charge >= 0.3 is 5.97 Å². The quantitative estimate of drug-likeness (QED) is 0.833. The molecule has 2 fully saturated rings. The van der Waals surface area contributed by atoms with Crippen molar-refractivity contribution in [2.75, 3.05) is 11.9 Å². The first-order valence-corrected chi connectivity index (χ1v) is 7.12. The van der Waals surface area contributed by atoms with Crippen LogP contribution in [0.5, 0.6) is 0 Å². The third kappa shape index (κ3) is 2.90. The lowest BCUT2D eigenvalue weighted by Crippen LogP contribution is -2.12. The predicted octanol–water partition coefficient (Wildman–Crippen LogP) is 2.66. The molecule has 1 aromatic rings. The summed E-state index contributed by atoms with van der Waals surface area (Å²) in [5.74, 6) is 0.536. The summed E-state index contributed by atoms with van der Waals surface area (Å²) in [5, 5.41) is 3.56. The van der Waals surface area contributed by atoms with E-state index in [1.807, 2.05) is 0 Å². The van der Waals surface area contributed by atoms with E-state index in [-0.39, 0.29) is 17.8 Å². The van der Waals surface area contributed by atoms with Crippen molar-refractivity contribution in [3.8, 4) is 0 Å². The van der Waals surface area contributed by atoms with Gasteiger partial charge in [0.25, 0.3) is 0 Å². The summed E-state index contributed by atoms with van der Waals surface area (Å²) in [6, 6.07) is 3.47. The minimum atomic E-state index is -0.279. The van der Waals surface area contributed by atoms with Crippen LogP contribution in [0.2, 0.25) is 0 Å². The summed E-state index contributed by atoms with van der Waals surface area (Å²) >= 11 is 1.28. The number of carbonyl (C=O) groups excluding carboxylic acids is 2. The molecule has 0 unspecified atom stereocenters. The monoisotopic (exact) mass is 265 g/mol. The zero-order valence-electron chi connectivity index (χ0n) is 9.98. The fourth-order valence-corrected chi connectivity index (χ4v) is 2.44. The van der Waals surface area contributed by atoms with E-state index in [0.717, 1.165) is 17.8 Å². The van der Waals surface area contributed by atoms with Crippen LogP contribution in [0.25, 0.3) is 0 Å². The Kier molecular flexibility index (Phi) is 3.07. The number of amides is 1. The molecule has 1 heterocycles. The highest BCUT2D eigenvalue weighted by atomic mass is 32.1. The fraction of sp³-hybridized carbons (Fsp3) is 0.538. The van der Waals surface area contributed by atoms with Crippen molar-refractivity contribution in [1.82, 2.24) is 0 Å². The van der Waals surface area contributed by atoms with E-state index >= 15 is 0 Å². The molecule has 0 spiro atoms. The topological polar surface area (TPSA) is 55.4 Å². The van der Waals surface area contributed by atoms with Gasteiger partial charge in [-0.15, -0.1) is 11.3 Å². The second-order valence-corrected chi connectivity index (χ2v) is 6.05. The van der Waals surface area contributed by atoms with Crippen molar-refractivity contribution in [2.24, 2.45) is 11.8 Å². The fourth-order valence-electron chi connectivity index (χ4n) is 1.63. The normalized spacial score (nSPS) is 18.4. The van der Waals surface area contributed by atoms with Crippen molar-refractivity contribution in [2.45, 2.75) is 25.7 Å².